The lowest BCUT2D eigenvalue weighted by molar-refractivity contribution is 0.0875. The van der Waals surface area contributed by atoms with Crippen LogP contribution < -0.4 is 16.0 Å². The number of fused-ring (bicyclic) bond motifs is 1. The lowest BCUT2D eigenvalue weighted by Crippen LogP contribution is -2.42. The number of carbonyl (C=O) groups excluding carboxylic acids is 2. The largest absolute Gasteiger partial charge is 0.445 e. The number of hydrogen-bond donors (Lipinski definition) is 6. The standard InChI is InChI=1S/C28H30F2N8O5/c29-16-7-20-21(11-33-24(20)32-9-16)25-34-12-22(30)26(38-25)36-17-2-1-3-18(8-17)37-27(41)23-6-15(4-5-31-23)14-43-28(42)35-10-19(40)13-39/h4-7,9,11-12,17-19,39-40H,1-3,8,10,13-14H2,(H,32,33)(H,35,42)(H,37,41)(H,34,36,38)/t17-,18+,19?/m1/s1. The summed E-state index contributed by atoms with van der Waals surface area (Å²) in [5.74, 6) is -1.35. The Hall–Kier alpha value is -4.76. The zero-order valence-electron chi connectivity index (χ0n) is 22.9. The van der Waals surface area contributed by atoms with Crippen LogP contribution in [-0.2, 0) is 11.3 Å². The Balaban J connectivity index is 1.18. The number of aromatic nitrogens is 5. The minimum absolute atomic E-state index is 0.00460. The van der Waals surface area contributed by atoms with Crippen LogP contribution >= 0.6 is 0 Å². The van der Waals surface area contributed by atoms with Crippen molar-refractivity contribution >= 4 is 28.9 Å². The number of ether oxygens (including phenoxy) is 1. The molecule has 1 saturated carbocycles. The van der Waals surface area contributed by atoms with Gasteiger partial charge in [0.2, 0.25) is 0 Å². The number of anilines is 1. The highest BCUT2D eigenvalue weighted by atomic mass is 19.1. The van der Waals surface area contributed by atoms with Gasteiger partial charge in [0.25, 0.3) is 5.91 Å². The SMILES string of the molecule is O=C(NCC(O)CO)OCc1ccnc(C(=O)N[C@H]2CCC[C@@H](Nc3nc(-c4c[nH]c5ncc(F)cc45)ncc3F)C2)c1. The smallest absolute Gasteiger partial charge is 0.407 e. The number of rotatable bonds is 10. The molecular formula is C28H30F2N8O5. The van der Waals surface area contributed by atoms with Gasteiger partial charge < -0.3 is 35.9 Å². The second kappa shape index (κ2) is 13.5. The molecule has 1 fully saturated rings. The number of aliphatic hydroxyl groups is 2. The summed E-state index contributed by atoms with van der Waals surface area (Å²) >= 11 is 0. The fourth-order valence-electron chi connectivity index (χ4n) is 4.82. The molecule has 1 unspecified atom stereocenters. The molecule has 0 radical (unpaired) electrons. The maximum absolute atomic E-state index is 14.7. The van der Waals surface area contributed by atoms with E-state index >= 15 is 0 Å². The fourth-order valence-corrected chi connectivity index (χ4v) is 4.82. The molecule has 15 heteroatoms. The van der Waals surface area contributed by atoms with Crippen LogP contribution in [-0.4, -0.2) is 78.5 Å². The molecule has 226 valence electrons. The van der Waals surface area contributed by atoms with Crippen LogP contribution in [0, 0.1) is 11.6 Å². The van der Waals surface area contributed by atoms with E-state index in [0.29, 0.717) is 28.6 Å². The van der Waals surface area contributed by atoms with Crippen molar-refractivity contribution in [3.63, 3.8) is 0 Å². The number of nitrogens with zero attached hydrogens (tertiary/aromatic N) is 4. The molecule has 0 saturated heterocycles. The van der Waals surface area contributed by atoms with Crippen molar-refractivity contribution in [2.24, 2.45) is 0 Å². The first-order valence-electron chi connectivity index (χ1n) is 13.7. The molecule has 13 nitrogen and oxygen atoms in total. The van der Waals surface area contributed by atoms with Crippen LogP contribution in [0.25, 0.3) is 22.4 Å². The van der Waals surface area contributed by atoms with Gasteiger partial charge in [0, 0.05) is 42.0 Å². The Morgan fingerprint density at radius 2 is 1.98 bits per heavy atom. The Morgan fingerprint density at radius 3 is 2.81 bits per heavy atom. The van der Waals surface area contributed by atoms with E-state index in [2.05, 4.69) is 40.9 Å². The molecule has 0 spiro atoms. The molecule has 6 N–H and O–H groups in total. The predicted octanol–water partition coefficient (Wildman–Crippen LogP) is 2.43. The van der Waals surface area contributed by atoms with Gasteiger partial charge in [0.1, 0.15) is 23.8 Å². The number of hydrogen-bond acceptors (Lipinski definition) is 10. The van der Waals surface area contributed by atoms with E-state index in [1.165, 1.54) is 18.3 Å². The second-order valence-corrected chi connectivity index (χ2v) is 10.2. The van der Waals surface area contributed by atoms with Crippen LogP contribution in [0.15, 0.2) is 43.0 Å². The number of H-pyrrole nitrogens is 1. The molecule has 0 bridgehead atoms. The third-order valence-electron chi connectivity index (χ3n) is 6.95. The summed E-state index contributed by atoms with van der Waals surface area (Å²) in [4.78, 5) is 44.2. The zero-order chi connectivity index (χ0) is 30.3. The van der Waals surface area contributed by atoms with E-state index in [0.717, 1.165) is 31.7 Å². The van der Waals surface area contributed by atoms with E-state index < -0.39 is 36.3 Å². The first kappa shape index (κ1) is 29.7. The summed E-state index contributed by atoms with van der Waals surface area (Å²) < 4.78 is 33.6. The lowest BCUT2D eigenvalue weighted by atomic mass is 9.91. The normalized spacial score (nSPS) is 17.3. The van der Waals surface area contributed by atoms with Gasteiger partial charge in [-0.1, -0.05) is 0 Å². The average Bonchev–Trinajstić information content (AvgIpc) is 3.43. The van der Waals surface area contributed by atoms with Gasteiger partial charge in [0.15, 0.2) is 17.5 Å². The Labute approximate surface area is 244 Å². The minimum Gasteiger partial charge on any atom is -0.445 e. The van der Waals surface area contributed by atoms with Gasteiger partial charge in [-0.15, -0.1) is 0 Å². The van der Waals surface area contributed by atoms with E-state index in [1.54, 1.807) is 12.3 Å². The minimum atomic E-state index is -1.09. The van der Waals surface area contributed by atoms with Crippen LogP contribution in [0.1, 0.15) is 41.7 Å². The van der Waals surface area contributed by atoms with Crippen molar-refractivity contribution in [1.29, 1.82) is 0 Å². The van der Waals surface area contributed by atoms with Gasteiger partial charge in [-0.25, -0.2) is 28.5 Å². The maximum Gasteiger partial charge on any atom is 0.407 e. The van der Waals surface area contributed by atoms with Crippen molar-refractivity contribution in [3.8, 4) is 11.4 Å². The van der Waals surface area contributed by atoms with Crippen molar-refractivity contribution in [2.45, 2.75) is 50.5 Å². The summed E-state index contributed by atoms with van der Waals surface area (Å²) in [7, 11) is 0. The van der Waals surface area contributed by atoms with E-state index in [-0.39, 0.29) is 42.6 Å². The maximum atomic E-state index is 14.7. The van der Waals surface area contributed by atoms with Crippen LogP contribution in [0.2, 0.25) is 0 Å². The fraction of sp³-hybridized carbons (Fsp3) is 0.357. The van der Waals surface area contributed by atoms with Gasteiger partial charge in [-0.2, -0.15) is 0 Å². The highest BCUT2D eigenvalue weighted by Crippen LogP contribution is 2.28. The number of halogens is 2. The molecule has 4 aromatic heterocycles. The monoisotopic (exact) mass is 596 g/mol. The average molecular weight is 597 g/mol. The van der Waals surface area contributed by atoms with Gasteiger partial charge in [-0.05, 0) is 49.4 Å². The highest BCUT2D eigenvalue weighted by Gasteiger charge is 2.26. The quantitative estimate of drug-likeness (QED) is 0.159. The molecule has 4 heterocycles. The highest BCUT2D eigenvalue weighted by molar-refractivity contribution is 5.93. The van der Waals surface area contributed by atoms with Crippen LogP contribution in [0.5, 0.6) is 0 Å². The van der Waals surface area contributed by atoms with E-state index in [1.807, 2.05) is 0 Å². The molecule has 3 atom stereocenters. The number of amides is 2. The Bertz CT molecular complexity index is 1600. The topological polar surface area (TPSA) is 187 Å². The first-order valence-corrected chi connectivity index (χ1v) is 13.7. The Kier molecular flexibility index (Phi) is 9.32. The number of aliphatic hydroxyl groups excluding tert-OH is 2. The van der Waals surface area contributed by atoms with Crippen molar-refractivity contribution in [1.82, 2.24) is 35.6 Å². The predicted molar refractivity (Wildman–Crippen MR) is 150 cm³/mol. The lowest BCUT2D eigenvalue weighted by Gasteiger charge is -2.30. The summed E-state index contributed by atoms with van der Waals surface area (Å²) in [6.07, 6.45) is 6.04. The number of alkyl carbamates (subject to hydrolysis) is 1. The molecule has 1 aliphatic carbocycles. The third kappa shape index (κ3) is 7.55. The number of carbonyl (C=O) groups is 2. The van der Waals surface area contributed by atoms with Crippen molar-refractivity contribution in [2.75, 3.05) is 18.5 Å². The van der Waals surface area contributed by atoms with E-state index in [4.69, 9.17) is 9.84 Å². The summed E-state index contributed by atoms with van der Waals surface area (Å²) in [6.45, 7) is -0.785. The molecule has 1 aliphatic rings. The Morgan fingerprint density at radius 1 is 1.14 bits per heavy atom. The van der Waals surface area contributed by atoms with Crippen LogP contribution in [0.4, 0.5) is 19.4 Å². The molecular weight excluding hydrogens is 566 g/mol. The van der Waals surface area contributed by atoms with Gasteiger partial charge in [-0.3, -0.25) is 9.78 Å². The summed E-state index contributed by atoms with van der Waals surface area (Å²) in [6, 6.07) is 4.02. The van der Waals surface area contributed by atoms with Gasteiger partial charge in [0.05, 0.1) is 25.1 Å². The molecule has 0 aromatic carbocycles. The molecule has 2 amide bonds. The molecule has 4 aromatic rings. The zero-order valence-corrected chi connectivity index (χ0v) is 22.9. The number of pyridine rings is 2. The summed E-state index contributed by atoms with van der Waals surface area (Å²) in [5, 5.41) is 27.0. The molecule has 5 rings (SSSR count). The molecule has 43 heavy (non-hydrogen) atoms. The first-order chi connectivity index (χ1) is 20.8. The second-order valence-electron chi connectivity index (χ2n) is 10.2. The number of aromatic amines is 1. The third-order valence-corrected chi connectivity index (χ3v) is 6.95. The van der Waals surface area contributed by atoms with Crippen molar-refractivity contribution < 1.29 is 33.3 Å². The van der Waals surface area contributed by atoms with Crippen LogP contribution in [0.3, 0.4) is 0 Å². The van der Waals surface area contributed by atoms with Crippen molar-refractivity contribution in [3.05, 3.63) is 65.9 Å². The molecule has 0 aliphatic heterocycles. The summed E-state index contributed by atoms with van der Waals surface area (Å²) in [5.41, 5.74) is 1.62. The van der Waals surface area contributed by atoms with E-state index in [9.17, 15) is 23.5 Å². The number of nitrogens with one attached hydrogen (secondary N) is 4. The van der Waals surface area contributed by atoms with Gasteiger partial charge >= 0.3 is 6.09 Å².